The van der Waals surface area contributed by atoms with E-state index in [0.717, 1.165) is 17.4 Å². The van der Waals surface area contributed by atoms with E-state index in [9.17, 15) is 22.0 Å². The van der Waals surface area contributed by atoms with Crippen molar-refractivity contribution >= 4 is 48.4 Å². The van der Waals surface area contributed by atoms with Crippen molar-refractivity contribution in [2.75, 3.05) is 4.72 Å². The highest BCUT2D eigenvalue weighted by Gasteiger charge is 2.22. The average Bonchev–Trinajstić information content (AvgIpc) is 2.89. The van der Waals surface area contributed by atoms with Gasteiger partial charge in [-0.15, -0.1) is 11.3 Å². The summed E-state index contributed by atoms with van der Waals surface area (Å²) in [4.78, 5) is 13.6. The molecule has 0 atom stereocenters. The van der Waals surface area contributed by atoms with Crippen LogP contribution in [0, 0.1) is 11.6 Å². The summed E-state index contributed by atoms with van der Waals surface area (Å²) in [5.41, 5.74) is 0.515. The number of carboxylic acid groups (broad SMARTS) is 1. The molecule has 0 saturated heterocycles. The van der Waals surface area contributed by atoms with Crippen LogP contribution in [0.1, 0.15) is 18.5 Å². The number of aryl methyl sites for hydroxylation is 1. The van der Waals surface area contributed by atoms with Crippen molar-refractivity contribution in [3.05, 3.63) is 39.3 Å². The molecule has 0 unspecified atom stereocenters. The molecule has 0 amide bonds. The van der Waals surface area contributed by atoms with Gasteiger partial charge in [0.1, 0.15) is 16.5 Å². The molecule has 11 heteroatoms. The van der Waals surface area contributed by atoms with Crippen molar-refractivity contribution < 1.29 is 27.1 Å². The van der Waals surface area contributed by atoms with Gasteiger partial charge >= 0.3 is 5.97 Å². The highest BCUT2D eigenvalue weighted by molar-refractivity contribution is 9.10. The van der Waals surface area contributed by atoms with Gasteiger partial charge in [-0.3, -0.25) is 9.52 Å². The molecule has 0 radical (unpaired) electrons. The maximum atomic E-state index is 13.8. The molecule has 0 aliphatic carbocycles. The summed E-state index contributed by atoms with van der Waals surface area (Å²) < 4.78 is 53.5. The van der Waals surface area contributed by atoms with Gasteiger partial charge in [-0.1, -0.05) is 0 Å². The Morgan fingerprint density at radius 3 is 2.71 bits per heavy atom. The third-order valence-corrected chi connectivity index (χ3v) is 5.76. The molecule has 2 aromatic rings. The topological polar surface area (TPSA) is 96.4 Å². The minimum atomic E-state index is -4.34. The predicted molar refractivity (Wildman–Crippen MR) is 87.6 cm³/mol. The number of anilines is 1. The van der Waals surface area contributed by atoms with Crippen LogP contribution in [0.25, 0.3) is 0 Å². The second-order valence-corrected chi connectivity index (χ2v) is 8.06. The fourth-order valence-electron chi connectivity index (χ4n) is 1.77. The number of halogens is 3. The molecule has 130 valence electrons. The summed E-state index contributed by atoms with van der Waals surface area (Å²) in [7, 11) is -4.34. The van der Waals surface area contributed by atoms with Gasteiger partial charge in [0.15, 0.2) is 5.13 Å². The van der Waals surface area contributed by atoms with E-state index >= 15 is 0 Å². The number of nitrogens with zero attached hydrogens (tertiary/aromatic N) is 1. The minimum absolute atomic E-state index is 0.0111. The predicted octanol–water partition coefficient (Wildman–Crippen LogP) is 3.39. The molecule has 24 heavy (non-hydrogen) atoms. The Morgan fingerprint density at radius 1 is 1.33 bits per heavy atom. The van der Waals surface area contributed by atoms with Gasteiger partial charge in [-0.05, 0) is 40.9 Å². The molecule has 0 saturated carbocycles. The maximum Gasteiger partial charge on any atom is 0.303 e. The van der Waals surface area contributed by atoms with Crippen molar-refractivity contribution in [1.29, 1.82) is 0 Å². The molecule has 0 aliphatic rings. The van der Waals surface area contributed by atoms with Crippen LogP contribution >= 0.6 is 27.3 Å². The van der Waals surface area contributed by atoms with E-state index in [2.05, 4.69) is 25.6 Å². The van der Waals surface area contributed by atoms with Crippen LogP contribution in [0.2, 0.25) is 0 Å². The zero-order valence-corrected chi connectivity index (χ0v) is 15.1. The smallest absolute Gasteiger partial charge is 0.303 e. The lowest BCUT2D eigenvalue weighted by Gasteiger charge is -2.07. The van der Waals surface area contributed by atoms with E-state index in [1.807, 2.05) is 0 Å². The Labute approximate surface area is 148 Å². The lowest BCUT2D eigenvalue weighted by atomic mass is 10.2. The molecule has 0 aliphatic heterocycles. The maximum absolute atomic E-state index is 13.8. The van der Waals surface area contributed by atoms with Crippen molar-refractivity contribution in [2.45, 2.75) is 24.2 Å². The first-order chi connectivity index (χ1) is 11.2. The average molecular weight is 441 g/mol. The van der Waals surface area contributed by atoms with Crippen LogP contribution in [0.15, 0.2) is 26.9 Å². The molecule has 2 rings (SSSR count). The second-order valence-electron chi connectivity index (χ2n) is 4.69. The standard InChI is InChI=1S/C13H11BrF2N2O4S2/c14-8-4-10(16)11(5-9(8)15)24(21,22)18-13-17-7(6-23-13)2-1-3-12(19)20/h4-6H,1-3H2,(H,17,18)(H,19,20). The van der Waals surface area contributed by atoms with Gasteiger partial charge < -0.3 is 5.11 Å². The number of hydrogen-bond donors (Lipinski definition) is 2. The highest BCUT2D eigenvalue weighted by atomic mass is 79.9. The van der Waals surface area contributed by atoms with E-state index in [1.54, 1.807) is 5.38 Å². The van der Waals surface area contributed by atoms with Crippen LogP contribution in [0.5, 0.6) is 0 Å². The summed E-state index contributed by atoms with van der Waals surface area (Å²) in [6.45, 7) is 0. The third-order valence-electron chi connectivity index (χ3n) is 2.86. The molecule has 0 fully saturated rings. The first kappa shape index (κ1) is 18.7. The zero-order valence-electron chi connectivity index (χ0n) is 11.9. The summed E-state index contributed by atoms with van der Waals surface area (Å²) in [6.07, 6.45) is 0.700. The van der Waals surface area contributed by atoms with Crippen LogP contribution in [0.3, 0.4) is 0 Å². The number of aromatic nitrogens is 1. The van der Waals surface area contributed by atoms with Crippen LogP contribution in [-0.2, 0) is 21.2 Å². The van der Waals surface area contributed by atoms with E-state index in [0.29, 0.717) is 24.6 Å². The van der Waals surface area contributed by atoms with Gasteiger partial charge in [-0.25, -0.2) is 22.2 Å². The third kappa shape index (κ3) is 4.71. The van der Waals surface area contributed by atoms with Crippen LogP contribution in [0.4, 0.5) is 13.9 Å². The summed E-state index contributed by atoms with van der Waals surface area (Å²) >= 11 is 3.74. The molecule has 0 spiro atoms. The van der Waals surface area contributed by atoms with Crippen molar-refractivity contribution in [2.24, 2.45) is 0 Å². The summed E-state index contributed by atoms with van der Waals surface area (Å²) in [5, 5.41) is 10.1. The fourth-order valence-corrected chi connectivity index (χ4v) is 4.15. The van der Waals surface area contributed by atoms with Crippen LogP contribution < -0.4 is 4.72 Å². The van der Waals surface area contributed by atoms with Gasteiger partial charge in [0, 0.05) is 11.8 Å². The largest absolute Gasteiger partial charge is 0.481 e. The van der Waals surface area contributed by atoms with Gasteiger partial charge in [0.25, 0.3) is 10.0 Å². The van der Waals surface area contributed by atoms with Crippen molar-refractivity contribution in [3.8, 4) is 0 Å². The SMILES string of the molecule is O=C(O)CCCc1csc(NS(=O)(=O)c2cc(F)c(Br)cc2F)n1. The number of aliphatic carboxylic acids is 1. The normalized spacial score (nSPS) is 11.5. The molecule has 1 aromatic carbocycles. The van der Waals surface area contributed by atoms with Crippen molar-refractivity contribution in [3.63, 3.8) is 0 Å². The lowest BCUT2D eigenvalue weighted by Crippen LogP contribution is -2.15. The van der Waals surface area contributed by atoms with Crippen LogP contribution in [-0.4, -0.2) is 24.5 Å². The molecular formula is C13H11BrF2N2O4S2. The number of sulfonamides is 1. The fraction of sp³-hybridized carbons (Fsp3) is 0.231. The number of rotatable bonds is 7. The van der Waals surface area contributed by atoms with Gasteiger partial charge in [-0.2, -0.15) is 0 Å². The summed E-state index contributed by atoms with van der Waals surface area (Å²) in [6, 6.07) is 1.30. The Balaban J connectivity index is 2.14. The van der Waals surface area contributed by atoms with Gasteiger partial charge in [0.05, 0.1) is 10.2 Å². The Bertz CT molecular complexity index is 871. The molecule has 0 bridgehead atoms. The van der Waals surface area contributed by atoms with Crippen molar-refractivity contribution in [1.82, 2.24) is 4.98 Å². The number of carbonyl (C=O) groups is 1. The Morgan fingerprint density at radius 2 is 2.04 bits per heavy atom. The number of carboxylic acids is 1. The monoisotopic (exact) mass is 440 g/mol. The Hall–Kier alpha value is -1.59. The number of hydrogen-bond acceptors (Lipinski definition) is 5. The number of nitrogens with one attached hydrogen (secondary N) is 1. The highest BCUT2D eigenvalue weighted by Crippen LogP contribution is 2.26. The summed E-state index contributed by atoms with van der Waals surface area (Å²) in [5.74, 6) is -2.95. The molecule has 2 N–H and O–H groups in total. The van der Waals surface area contributed by atoms with E-state index in [4.69, 9.17) is 5.11 Å². The van der Waals surface area contributed by atoms with E-state index in [1.165, 1.54) is 0 Å². The first-order valence-corrected chi connectivity index (χ1v) is 9.68. The quantitative estimate of drug-likeness (QED) is 0.643. The lowest BCUT2D eigenvalue weighted by molar-refractivity contribution is -0.137. The number of thiazole rings is 1. The van der Waals surface area contributed by atoms with E-state index in [-0.39, 0.29) is 16.0 Å². The minimum Gasteiger partial charge on any atom is -0.481 e. The number of benzene rings is 1. The molecule has 1 heterocycles. The molecule has 1 aromatic heterocycles. The van der Waals surface area contributed by atoms with E-state index < -0.39 is 32.5 Å². The van der Waals surface area contributed by atoms with Gasteiger partial charge in [0.2, 0.25) is 0 Å². The molecular weight excluding hydrogens is 430 g/mol. The second kappa shape index (κ2) is 7.53. The zero-order chi connectivity index (χ0) is 17.9. The molecule has 6 nitrogen and oxygen atoms in total. The first-order valence-electron chi connectivity index (χ1n) is 6.52. The Kier molecular flexibility index (Phi) is 5.88.